The third-order valence-corrected chi connectivity index (χ3v) is 26.6. The lowest BCUT2D eigenvalue weighted by molar-refractivity contribution is 0.332. The van der Waals surface area contributed by atoms with Crippen LogP contribution >= 0.6 is 0 Å². The Labute approximate surface area is 656 Å². The minimum Gasteiger partial charge on any atom is -0.311 e. The van der Waals surface area contributed by atoms with Crippen molar-refractivity contribution in [1.82, 2.24) is 13.7 Å². The fraction of sp³-hybridized carbons (Fsp3) is 0.151. The average Bonchev–Trinajstić information content (AvgIpc) is 0.812. The minimum atomic E-state index is -0.208. The van der Waals surface area contributed by atoms with Crippen molar-refractivity contribution in [2.24, 2.45) is 0 Å². The van der Waals surface area contributed by atoms with Crippen molar-refractivity contribution in [3.63, 3.8) is 0 Å². The first-order valence-electron chi connectivity index (χ1n) is 40.2. The van der Waals surface area contributed by atoms with Gasteiger partial charge in [-0.1, -0.05) is 274 Å². The largest absolute Gasteiger partial charge is 0.311 e. The molecule has 0 radical (unpaired) electrons. The van der Waals surface area contributed by atoms with Gasteiger partial charge in [0.1, 0.15) is 0 Å². The van der Waals surface area contributed by atoms with Gasteiger partial charge in [0.15, 0.2) is 0 Å². The Kier molecular flexibility index (Phi) is 14.5. The molecule has 0 bridgehead atoms. The summed E-state index contributed by atoms with van der Waals surface area (Å²) >= 11 is 0. The maximum absolute atomic E-state index is 2.64. The summed E-state index contributed by atoms with van der Waals surface area (Å²) in [6, 6.07) is 126. The van der Waals surface area contributed by atoms with Crippen LogP contribution in [0.2, 0.25) is 0 Å². The number of hydrogen-bond donors (Lipinski definition) is 0. The van der Waals surface area contributed by atoms with E-state index in [-0.39, 0.29) is 28.4 Å². The van der Waals surface area contributed by atoms with Gasteiger partial charge in [0, 0.05) is 77.8 Å². The standard InChI is InChI=1S/C106H86BN5/c1-103(2)55-57-105(5,6)88-61-73(39-49-86(88)103)69-35-43-75(44-36-69)108-98-63-77(110-94-33-21-17-29-82(94)84-59-71(41-53-96(84)110)67-23-11-9-12-24-67)47-51-90(98)107-91-52-48-78(111-95-34-22-18-30-83(95)85-60-72(42-54-97(85)111)68-25-13-10-14-26-68)64-99(91)109(76-45-37-70(38-46-76)74-40-50-87-89(62-74)106(7,8)58-56-104(87,3)4)101-66-79(65-100(108)102(101)107)112-92-31-19-15-27-80(92)81-28-16-20-32-93(81)112/h9-54,59-66H,55-58H2,1-8H3. The molecule has 22 rings (SSSR count). The molecule has 6 heteroatoms. The van der Waals surface area contributed by atoms with E-state index in [2.05, 4.69) is 406 Å². The smallest absolute Gasteiger partial charge is 0.252 e. The number of aromatic nitrogens is 3. The van der Waals surface area contributed by atoms with E-state index in [1.165, 1.54) is 150 Å². The van der Waals surface area contributed by atoms with Crippen LogP contribution < -0.4 is 26.2 Å². The molecule has 0 N–H and O–H groups in total. The van der Waals surface area contributed by atoms with Gasteiger partial charge >= 0.3 is 0 Å². The first kappa shape index (κ1) is 66.4. The van der Waals surface area contributed by atoms with Gasteiger partial charge in [0.2, 0.25) is 0 Å². The van der Waals surface area contributed by atoms with Crippen molar-refractivity contribution >= 4 is 123 Å². The summed E-state index contributed by atoms with van der Waals surface area (Å²) in [6.45, 7) is 19.3. The van der Waals surface area contributed by atoms with Crippen molar-refractivity contribution in [2.45, 2.75) is 103 Å². The molecule has 0 atom stereocenters. The van der Waals surface area contributed by atoms with E-state index >= 15 is 0 Å². The molecule has 15 aromatic carbocycles. The minimum absolute atomic E-state index is 0.0679. The normalized spacial score (nSPS) is 15.6. The molecule has 0 unspecified atom stereocenters. The molecule has 112 heavy (non-hydrogen) atoms. The Morgan fingerprint density at radius 2 is 0.500 bits per heavy atom. The topological polar surface area (TPSA) is 21.3 Å². The SMILES string of the molecule is CC1(C)CCC(C)(C)c2cc(-c3ccc(N4c5cc(-n6c7ccccc7c7cc(-c8ccccc8)ccc76)ccc5B5c6ccc(-n7c8ccccc8c8cc(-c9ccccc9)ccc87)cc6N(c6ccc(-c7ccc8c(c7)C(C)(C)CCC8(C)C)cc6)c6cc(-n7c8ccccc8c8ccccc87)cc4c65)cc3)ccc21. The zero-order chi connectivity index (χ0) is 75.3. The molecule has 4 aliphatic rings. The summed E-state index contributed by atoms with van der Waals surface area (Å²) in [7, 11) is 0. The van der Waals surface area contributed by atoms with Crippen molar-refractivity contribution in [1.29, 1.82) is 0 Å². The molecular weight excluding hydrogens is 1350 g/mol. The Hall–Kier alpha value is -12.6. The molecule has 18 aromatic rings. The van der Waals surface area contributed by atoms with E-state index in [0.717, 1.165) is 75.1 Å². The molecule has 3 aromatic heterocycles. The highest BCUT2D eigenvalue weighted by molar-refractivity contribution is 7.00. The lowest BCUT2D eigenvalue weighted by Gasteiger charge is -2.44. The second-order valence-corrected chi connectivity index (χ2v) is 34.9. The monoisotopic (exact) mass is 1440 g/mol. The number of nitrogens with zero attached hydrogens (tertiary/aromatic N) is 5. The van der Waals surface area contributed by atoms with Crippen molar-refractivity contribution in [3.05, 3.63) is 350 Å². The van der Waals surface area contributed by atoms with Crippen LogP contribution in [0.1, 0.15) is 103 Å². The van der Waals surface area contributed by atoms with E-state index in [0.29, 0.717) is 0 Å². The zero-order valence-electron chi connectivity index (χ0n) is 64.8. The Bertz CT molecular complexity index is 6530. The van der Waals surface area contributed by atoms with E-state index in [1.807, 2.05) is 0 Å². The van der Waals surface area contributed by atoms with Crippen LogP contribution in [0.4, 0.5) is 34.1 Å². The maximum Gasteiger partial charge on any atom is 0.252 e. The summed E-state index contributed by atoms with van der Waals surface area (Å²) in [5.41, 5.74) is 36.7. The van der Waals surface area contributed by atoms with Gasteiger partial charge in [0.25, 0.3) is 6.71 Å². The van der Waals surface area contributed by atoms with Crippen LogP contribution in [0, 0.1) is 0 Å². The van der Waals surface area contributed by atoms with Crippen LogP contribution in [0.15, 0.2) is 328 Å². The summed E-state index contributed by atoms with van der Waals surface area (Å²) in [5, 5.41) is 7.34. The quantitative estimate of drug-likeness (QED) is 0.134. The molecule has 5 heterocycles. The number of para-hydroxylation sites is 4. The molecule has 2 aliphatic heterocycles. The summed E-state index contributed by atoms with van der Waals surface area (Å²) in [4.78, 5) is 5.27. The second kappa shape index (κ2) is 24.4. The fourth-order valence-electron chi connectivity index (χ4n) is 20.4. The van der Waals surface area contributed by atoms with Crippen molar-refractivity contribution in [3.8, 4) is 61.6 Å². The van der Waals surface area contributed by atoms with Gasteiger partial charge in [-0.3, -0.25) is 0 Å². The molecule has 0 fully saturated rings. The number of benzene rings is 15. The number of fused-ring (bicyclic) bond motifs is 15. The van der Waals surface area contributed by atoms with Crippen LogP contribution in [0.25, 0.3) is 127 Å². The van der Waals surface area contributed by atoms with Crippen LogP contribution in [0.3, 0.4) is 0 Å². The molecule has 538 valence electrons. The zero-order valence-corrected chi connectivity index (χ0v) is 64.8. The van der Waals surface area contributed by atoms with Crippen LogP contribution in [-0.4, -0.2) is 20.4 Å². The highest BCUT2D eigenvalue weighted by Crippen LogP contribution is 2.53. The van der Waals surface area contributed by atoms with Crippen LogP contribution in [0.5, 0.6) is 0 Å². The van der Waals surface area contributed by atoms with Gasteiger partial charge in [-0.25, -0.2) is 0 Å². The van der Waals surface area contributed by atoms with E-state index in [1.54, 1.807) is 0 Å². The Balaban J connectivity index is 0.820. The third kappa shape index (κ3) is 10.1. The Morgan fingerprint density at radius 1 is 0.214 bits per heavy atom. The van der Waals surface area contributed by atoms with Gasteiger partial charge in [-0.05, 0) is 240 Å². The fourth-order valence-corrected chi connectivity index (χ4v) is 20.4. The average molecular weight is 1440 g/mol. The lowest BCUT2D eigenvalue weighted by atomic mass is 9.33. The highest BCUT2D eigenvalue weighted by atomic mass is 15.2. The van der Waals surface area contributed by atoms with E-state index < -0.39 is 0 Å². The van der Waals surface area contributed by atoms with Crippen molar-refractivity contribution in [2.75, 3.05) is 9.80 Å². The molecule has 2 aliphatic carbocycles. The highest BCUT2D eigenvalue weighted by Gasteiger charge is 2.46. The number of hydrogen-bond acceptors (Lipinski definition) is 2. The van der Waals surface area contributed by atoms with Gasteiger partial charge in [-0.15, -0.1) is 0 Å². The third-order valence-electron chi connectivity index (χ3n) is 26.6. The van der Waals surface area contributed by atoms with E-state index in [9.17, 15) is 0 Å². The summed E-state index contributed by atoms with van der Waals surface area (Å²) in [5.74, 6) is 0. The molecule has 0 spiro atoms. The number of anilines is 6. The predicted octanol–water partition coefficient (Wildman–Crippen LogP) is 26.4. The predicted molar refractivity (Wildman–Crippen MR) is 476 cm³/mol. The van der Waals surface area contributed by atoms with E-state index in [4.69, 9.17) is 0 Å². The number of rotatable bonds is 9. The maximum atomic E-state index is 2.64. The molecular formula is C106H86BN5. The summed E-state index contributed by atoms with van der Waals surface area (Å²) < 4.78 is 7.57. The lowest BCUT2D eigenvalue weighted by Crippen LogP contribution is -2.61. The molecule has 0 saturated heterocycles. The first-order chi connectivity index (χ1) is 54.5. The molecule has 5 nitrogen and oxygen atoms in total. The first-order valence-corrected chi connectivity index (χ1v) is 40.2. The molecule has 0 amide bonds. The van der Waals surface area contributed by atoms with Gasteiger partial charge < -0.3 is 23.5 Å². The van der Waals surface area contributed by atoms with Gasteiger partial charge in [-0.2, -0.15) is 0 Å². The van der Waals surface area contributed by atoms with Gasteiger partial charge in [0.05, 0.1) is 38.8 Å². The molecule has 0 saturated carbocycles. The summed E-state index contributed by atoms with van der Waals surface area (Å²) in [6.07, 6.45) is 4.68. The second-order valence-electron chi connectivity index (χ2n) is 34.9. The van der Waals surface area contributed by atoms with Crippen molar-refractivity contribution < 1.29 is 0 Å². The Morgan fingerprint density at radius 3 is 0.893 bits per heavy atom. The van der Waals surface area contributed by atoms with Crippen LogP contribution in [-0.2, 0) is 21.7 Å².